The Morgan fingerprint density at radius 3 is 2.18 bits per heavy atom. The Hall–Kier alpha value is -0.610. The second-order valence-electron chi connectivity index (χ2n) is 3.19. The predicted molar refractivity (Wildman–Crippen MR) is 38.9 cm³/mol. The molecule has 0 unspecified atom stereocenters. The van der Waals surface area contributed by atoms with Crippen LogP contribution in [0.1, 0.15) is 6.92 Å². The summed E-state index contributed by atoms with van der Waals surface area (Å²) in [7, 11) is 0. The first-order valence-corrected chi connectivity index (χ1v) is 3.61. The molecular formula is C7H13NO3. The fourth-order valence-electron chi connectivity index (χ4n) is 1.24. The number of nitrogens with zero attached hydrogens (tertiary/aromatic N) is 1. The summed E-state index contributed by atoms with van der Waals surface area (Å²) in [5.74, 6) is 0.00234. The lowest BCUT2D eigenvalue weighted by molar-refractivity contribution is -0.147. The lowest BCUT2D eigenvalue weighted by atomic mass is 9.81. The van der Waals surface area contributed by atoms with Crippen LogP contribution >= 0.6 is 0 Å². The number of aliphatic hydroxyl groups excluding tert-OH is 2. The van der Waals surface area contributed by atoms with Crippen LogP contribution < -0.4 is 0 Å². The molecule has 4 heteroatoms. The number of likely N-dealkylation sites (tertiary alicyclic amines) is 1. The Kier molecular flexibility index (Phi) is 2.15. The molecule has 0 saturated carbocycles. The van der Waals surface area contributed by atoms with Crippen molar-refractivity contribution in [3.63, 3.8) is 0 Å². The molecule has 1 amide bonds. The smallest absolute Gasteiger partial charge is 0.219 e. The van der Waals surface area contributed by atoms with Gasteiger partial charge in [0.2, 0.25) is 5.91 Å². The molecular weight excluding hydrogens is 146 g/mol. The van der Waals surface area contributed by atoms with Gasteiger partial charge >= 0.3 is 0 Å². The van der Waals surface area contributed by atoms with Crippen molar-refractivity contribution >= 4 is 5.91 Å². The molecule has 0 bridgehead atoms. The molecule has 1 aliphatic rings. The monoisotopic (exact) mass is 159 g/mol. The van der Waals surface area contributed by atoms with Crippen LogP contribution in [0.25, 0.3) is 0 Å². The number of aliphatic hydroxyl groups is 2. The van der Waals surface area contributed by atoms with E-state index in [1.54, 1.807) is 4.90 Å². The van der Waals surface area contributed by atoms with Crippen LogP contribution in [-0.4, -0.2) is 47.3 Å². The largest absolute Gasteiger partial charge is 0.396 e. The van der Waals surface area contributed by atoms with Gasteiger partial charge in [-0.1, -0.05) is 0 Å². The molecule has 0 spiro atoms. The van der Waals surface area contributed by atoms with Gasteiger partial charge in [0.05, 0.1) is 18.6 Å². The number of carbonyl (C=O) groups is 1. The first-order chi connectivity index (χ1) is 5.13. The van der Waals surface area contributed by atoms with Gasteiger partial charge in [0.15, 0.2) is 0 Å². The van der Waals surface area contributed by atoms with E-state index in [0.717, 1.165) is 0 Å². The van der Waals surface area contributed by atoms with Crippen molar-refractivity contribution in [1.82, 2.24) is 4.90 Å². The SMILES string of the molecule is CC(=O)N1CC(CO)(CO)C1. The van der Waals surface area contributed by atoms with Gasteiger partial charge in [-0.2, -0.15) is 0 Å². The van der Waals surface area contributed by atoms with Crippen molar-refractivity contribution in [2.45, 2.75) is 6.92 Å². The first kappa shape index (κ1) is 8.49. The maximum absolute atomic E-state index is 10.7. The minimum atomic E-state index is -0.425. The van der Waals surface area contributed by atoms with E-state index in [1.165, 1.54) is 6.92 Å². The molecule has 1 fully saturated rings. The van der Waals surface area contributed by atoms with Crippen molar-refractivity contribution in [1.29, 1.82) is 0 Å². The highest BCUT2D eigenvalue weighted by molar-refractivity contribution is 5.74. The molecule has 0 aliphatic carbocycles. The topological polar surface area (TPSA) is 60.8 Å². The Labute approximate surface area is 65.4 Å². The van der Waals surface area contributed by atoms with Crippen LogP contribution in [0, 0.1) is 5.41 Å². The van der Waals surface area contributed by atoms with Crippen LogP contribution in [0.4, 0.5) is 0 Å². The molecule has 64 valence electrons. The number of hydrogen-bond donors (Lipinski definition) is 2. The van der Waals surface area contributed by atoms with Gasteiger partial charge < -0.3 is 15.1 Å². The molecule has 0 aromatic rings. The summed E-state index contributed by atoms with van der Waals surface area (Å²) in [4.78, 5) is 12.3. The van der Waals surface area contributed by atoms with E-state index in [-0.39, 0.29) is 19.1 Å². The maximum Gasteiger partial charge on any atom is 0.219 e. The summed E-state index contributed by atoms with van der Waals surface area (Å²) in [5, 5.41) is 17.7. The van der Waals surface area contributed by atoms with Crippen molar-refractivity contribution in [2.75, 3.05) is 26.3 Å². The van der Waals surface area contributed by atoms with E-state index in [1.807, 2.05) is 0 Å². The van der Waals surface area contributed by atoms with E-state index in [2.05, 4.69) is 0 Å². The molecule has 0 atom stereocenters. The molecule has 11 heavy (non-hydrogen) atoms. The Bertz CT molecular complexity index is 157. The van der Waals surface area contributed by atoms with Crippen molar-refractivity contribution < 1.29 is 15.0 Å². The average Bonchev–Trinajstić information content (AvgIpc) is 1.87. The second kappa shape index (κ2) is 2.79. The molecule has 1 rings (SSSR count). The van der Waals surface area contributed by atoms with Gasteiger partial charge in [-0.25, -0.2) is 0 Å². The number of hydrogen-bond acceptors (Lipinski definition) is 3. The minimum absolute atomic E-state index is 0.00234. The molecule has 0 aromatic carbocycles. The fraction of sp³-hybridized carbons (Fsp3) is 0.857. The third-order valence-electron chi connectivity index (χ3n) is 2.17. The molecule has 1 aliphatic heterocycles. The van der Waals surface area contributed by atoms with E-state index in [4.69, 9.17) is 10.2 Å². The van der Waals surface area contributed by atoms with E-state index in [0.29, 0.717) is 13.1 Å². The standard InChI is InChI=1S/C7H13NO3/c1-6(11)8-2-7(3-8,4-9)5-10/h9-10H,2-5H2,1H3. The third-order valence-corrected chi connectivity index (χ3v) is 2.17. The second-order valence-corrected chi connectivity index (χ2v) is 3.19. The van der Waals surface area contributed by atoms with Crippen LogP contribution in [0.15, 0.2) is 0 Å². The predicted octanol–water partition coefficient (Wildman–Crippen LogP) is -1.18. The van der Waals surface area contributed by atoms with Gasteiger partial charge in [0.25, 0.3) is 0 Å². The average molecular weight is 159 g/mol. The highest BCUT2D eigenvalue weighted by Crippen LogP contribution is 2.28. The van der Waals surface area contributed by atoms with Crippen LogP contribution in [0.3, 0.4) is 0 Å². The Balaban J connectivity index is 2.41. The first-order valence-electron chi connectivity index (χ1n) is 3.61. The zero-order valence-electron chi connectivity index (χ0n) is 6.58. The maximum atomic E-state index is 10.7. The van der Waals surface area contributed by atoms with Crippen molar-refractivity contribution in [2.24, 2.45) is 5.41 Å². The van der Waals surface area contributed by atoms with Crippen molar-refractivity contribution in [3.05, 3.63) is 0 Å². The van der Waals surface area contributed by atoms with E-state index in [9.17, 15) is 4.79 Å². The van der Waals surface area contributed by atoms with Gasteiger partial charge in [-0.05, 0) is 0 Å². The molecule has 1 heterocycles. The Morgan fingerprint density at radius 2 is 1.91 bits per heavy atom. The third kappa shape index (κ3) is 1.36. The summed E-state index contributed by atoms with van der Waals surface area (Å²) in [5.41, 5.74) is -0.425. The van der Waals surface area contributed by atoms with Gasteiger partial charge in [0.1, 0.15) is 0 Å². The van der Waals surface area contributed by atoms with E-state index >= 15 is 0 Å². The zero-order chi connectivity index (χ0) is 8.48. The highest BCUT2D eigenvalue weighted by atomic mass is 16.3. The molecule has 2 N–H and O–H groups in total. The minimum Gasteiger partial charge on any atom is -0.396 e. The summed E-state index contributed by atoms with van der Waals surface area (Å²) in [6, 6.07) is 0. The summed E-state index contributed by atoms with van der Waals surface area (Å²) < 4.78 is 0. The number of amides is 1. The lowest BCUT2D eigenvalue weighted by Gasteiger charge is -2.47. The Morgan fingerprint density at radius 1 is 1.45 bits per heavy atom. The van der Waals surface area contributed by atoms with Gasteiger partial charge in [-0.3, -0.25) is 4.79 Å². The molecule has 4 nitrogen and oxygen atoms in total. The summed E-state index contributed by atoms with van der Waals surface area (Å²) >= 11 is 0. The number of carbonyl (C=O) groups excluding carboxylic acids is 1. The lowest BCUT2D eigenvalue weighted by Crippen LogP contribution is -2.61. The molecule has 0 aromatic heterocycles. The van der Waals surface area contributed by atoms with Gasteiger partial charge in [-0.15, -0.1) is 0 Å². The van der Waals surface area contributed by atoms with E-state index < -0.39 is 5.41 Å². The number of rotatable bonds is 2. The molecule has 0 radical (unpaired) electrons. The summed E-state index contributed by atoms with van der Waals surface area (Å²) in [6.07, 6.45) is 0. The van der Waals surface area contributed by atoms with Crippen LogP contribution in [-0.2, 0) is 4.79 Å². The van der Waals surface area contributed by atoms with Crippen molar-refractivity contribution in [3.8, 4) is 0 Å². The van der Waals surface area contributed by atoms with Crippen LogP contribution in [0.2, 0.25) is 0 Å². The van der Waals surface area contributed by atoms with Crippen LogP contribution in [0.5, 0.6) is 0 Å². The summed E-state index contributed by atoms with van der Waals surface area (Å²) in [6.45, 7) is 2.35. The molecule has 1 saturated heterocycles. The zero-order valence-corrected chi connectivity index (χ0v) is 6.58. The van der Waals surface area contributed by atoms with Gasteiger partial charge in [0, 0.05) is 20.0 Å². The normalized spacial score (nSPS) is 21.2. The fourth-order valence-corrected chi connectivity index (χ4v) is 1.24. The highest BCUT2D eigenvalue weighted by Gasteiger charge is 2.43. The quantitative estimate of drug-likeness (QED) is 0.533.